The molecule has 2 heterocycles. The quantitative estimate of drug-likeness (QED) is 0.270. The summed E-state index contributed by atoms with van der Waals surface area (Å²) in [5, 5.41) is 12.9. The number of hydrogen-bond donors (Lipinski definition) is 1. The van der Waals surface area contributed by atoms with Crippen molar-refractivity contribution in [1.29, 1.82) is 0 Å². The fraction of sp³-hybridized carbons (Fsp3) is 0.0769. The Balaban J connectivity index is 1.33. The summed E-state index contributed by atoms with van der Waals surface area (Å²) in [5.74, 6) is 1.14. The first kappa shape index (κ1) is 22.9. The minimum atomic E-state index is -0.290. The van der Waals surface area contributed by atoms with Crippen molar-refractivity contribution in [2.75, 3.05) is 0 Å². The number of carbonyl (C=O) groups excluding carboxylic acids is 1. The third-order valence-corrected chi connectivity index (χ3v) is 6.41. The zero-order valence-corrected chi connectivity index (χ0v) is 20.0. The van der Waals surface area contributed by atoms with Crippen LogP contribution in [0.1, 0.15) is 21.9 Å². The molecule has 1 amide bonds. The number of oxazole rings is 1. The number of nitrogens with one attached hydrogen (secondary N) is 1. The molecule has 0 atom stereocenters. The molecule has 0 spiro atoms. The molecule has 0 fully saturated rings. The third-order valence-electron chi connectivity index (χ3n) is 5.17. The van der Waals surface area contributed by atoms with Gasteiger partial charge in [-0.15, -0.1) is 10.2 Å². The van der Waals surface area contributed by atoms with Gasteiger partial charge in [-0.25, -0.2) is 4.98 Å². The van der Waals surface area contributed by atoms with Gasteiger partial charge in [0, 0.05) is 17.8 Å². The van der Waals surface area contributed by atoms with Crippen LogP contribution in [-0.4, -0.2) is 25.7 Å². The maximum Gasteiger partial charge on any atom is 0.273 e. The van der Waals surface area contributed by atoms with Gasteiger partial charge in [-0.05, 0) is 29.8 Å². The van der Waals surface area contributed by atoms with Gasteiger partial charge in [0.05, 0.1) is 10.8 Å². The molecule has 0 bridgehead atoms. The van der Waals surface area contributed by atoms with Crippen LogP contribution in [0.25, 0.3) is 17.1 Å². The second kappa shape index (κ2) is 10.6. The topological polar surface area (TPSA) is 85.8 Å². The largest absolute Gasteiger partial charge is 0.447 e. The van der Waals surface area contributed by atoms with E-state index in [9.17, 15) is 4.79 Å². The maximum absolute atomic E-state index is 12.5. The summed E-state index contributed by atoms with van der Waals surface area (Å²) in [6.07, 6.45) is 1.37. The first-order chi connectivity index (χ1) is 17.2. The first-order valence-electron chi connectivity index (χ1n) is 10.8. The molecule has 7 nitrogen and oxygen atoms in total. The minimum Gasteiger partial charge on any atom is -0.447 e. The molecule has 0 aliphatic heterocycles. The van der Waals surface area contributed by atoms with E-state index in [-0.39, 0.29) is 11.6 Å². The van der Waals surface area contributed by atoms with E-state index in [4.69, 9.17) is 16.0 Å². The molecule has 3 aromatic carbocycles. The fourth-order valence-electron chi connectivity index (χ4n) is 3.47. The molecule has 35 heavy (non-hydrogen) atoms. The van der Waals surface area contributed by atoms with Gasteiger partial charge in [-0.2, -0.15) is 0 Å². The molecule has 0 unspecified atom stereocenters. The number of thioether (sulfide) groups is 1. The maximum atomic E-state index is 12.5. The number of halogens is 1. The molecule has 9 heteroatoms. The Bertz CT molecular complexity index is 1440. The molecule has 5 rings (SSSR count). The lowest BCUT2D eigenvalue weighted by Crippen LogP contribution is -2.23. The highest BCUT2D eigenvalue weighted by molar-refractivity contribution is 7.98. The van der Waals surface area contributed by atoms with Crippen LogP contribution < -0.4 is 5.32 Å². The fourth-order valence-corrected chi connectivity index (χ4v) is 4.49. The van der Waals surface area contributed by atoms with Crippen molar-refractivity contribution in [3.63, 3.8) is 0 Å². The molecular weight excluding hydrogens is 482 g/mol. The summed E-state index contributed by atoms with van der Waals surface area (Å²) in [5.41, 5.74) is 2.93. The standard InChI is InChI=1S/C26H20ClN5O2S/c27-21-14-8-7-13-20(21)24-30-31-26(32(24)19-11-5-2-6-12-19)35-17-23-29-22(16-34-23)25(33)28-15-18-9-3-1-4-10-18/h1-14,16H,15,17H2,(H,28,33). The normalized spacial score (nSPS) is 10.9. The van der Waals surface area contributed by atoms with Crippen molar-refractivity contribution in [1.82, 2.24) is 25.1 Å². The van der Waals surface area contributed by atoms with Crippen molar-refractivity contribution in [2.24, 2.45) is 0 Å². The van der Waals surface area contributed by atoms with Crippen LogP contribution in [0.15, 0.2) is 101 Å². The highest BCUT2D eigenvalue weighted by atomic mass is 35.5. The van der Waals surface area contributed by atoms with Gasteiger partial charge in [0.1, 0.15) is 6.26 Å². The van der Waals surface area contributed by atoms with Gasteiger partial charge in [0.15, 0.2) is 16.7 Å². The number of benzene rings is 3. The summed E-state index contributed by atoms with van der Waals surface area (Å²) in [4.78, 5) is 16.8. The predicted octanol–water partition coefficient (Wildman–Crippen LogP) is 5.80. The van der Waals surface area contributed by atoms with E-state index >= 15 is 0 Å². The average Bonchev–Trinajstić information content (AvgIpc) is 3.55. The number of hydrogen-bond acceptors (Lipinski definition) is 6. The third kappa shape index (κ3) is 5.29. The molecule has 2 aromatic heterocycles. The zero-order valence-electron chi connectivity index (χ0n) is 18.5. The van der Waals surface area contributed by atoms with E-state index in [1.54, 1.807) is 0 Å². The van der Waals surface area contributed by atoms with Crippen molar-refractivity contribution in [3.05, 3.63) is 113 Å². The minimum absolute atomic E-state index is 0.234. The van der Waals surface area contributed by atoms with Crippen LogP contribution in [0.4, 0.5) is 0 Å². The Hall–Kier alpha value is -3.88. The lowest BCUT2D eigenvalue weighted by Gasteiger charge is -2.10. The Morgan fingerprint density at radius 2 is 1.66 bits per heavy atom. The highest BCUT2D eigenvalue weighted by Gasteiger charge is 2.19. The van der Waals surface area contributed by atoms with Crippen molar-refractivity contribution in [2.45, 2.75) is 17.5 Å². The Kier molecular flexibility index (Phi) is 6.92. The lowest BCUT2D eigenvalue weighted by atomic mass is 10.2. The number of para-hydroxylation sites is 1. The van der Waals surface area contributed by atoms with Crippen LogP contribution in [0.2, 0.25) is 5.02 Å². The molecular formula is C26H20ClN5O2S. The Labute approximate surface area is 211 Å². The molecule has 5 aromatic rings. The van der Waals surface area contributed by atoms with Crippen LogP contribution >= 0.6 is 23.4 Å². The first-order valence-corrected chi connectivity index (χ1v) is 12.2. The number of aromatic nitrogens is 4. The van der Waals surface area contributed by atoms with Gasteiger partial charge in [0.2, 0.25) is 5.89 Å². The number of rotatable bonds is 8. The SMILES string of the molecule is O=C(NCc1ccccc1)c1coc(CSc2nnc(-c3ccccc3Cl)n2-c2ccccc2)n1. The van der Waals surface area contributed by atoms with Crippen molar-refractivity contribution < 1.29 is 9.21 Å². The second-order valence-electron chi connectivity index (χ2n) is 7.54. The summed E-state index contributed by atoms with van der Waals surface area (Å²) < 4.78 is 7.49. The van der Waals surface area contributed by atoms with Crippen molar-refractivity contribution >= 4 is 29.3 Å². The summed E-state index contributed by atoms with van der Waals surface area (Å²) >= 11 is 7.86. The highest BCUT2D eigenvalue weighted by Crippen LogP contribution is 2.32. The number of amides is 1. The molecule has 0 aliphatic rings. The smallest absolute Gasteiger partial charge is 0.273 e. The Morgan fingerprint density at radius 3 is 2.43 bits per heavy atom. The van der Waals surface area contributed by atoms with Gasteiger partial charge >= 0.3 is 0 Å². The van der Waals surface area contributed by atoms with Gasteiger partial charge in [-0.3, -0.25) is 9.36 Å². The van der Waals surface area contributed by atoms with Crippen LogP contribution in [0.3, 0.4) is 0 Å². The van der Waals surface area contributed by atoms with E-state index in [1.165, 1.54) is 18.0 Å². The number of carbonyl (C=O) groups is 1. The van der Waals surface area contributed by atoms with E-state index < -0.39 is 0 Å². The predicted molar refractivity (Wildman–Crippen MR) is 135 cm³/mol. The molecule has 0 radical (unpaired) electrons. The summed E-state index contributed by atoms with van der Waals surface area (Å²) in [6.45, 7) is 0.418. The number of nitrogens with zero attached hydrogens (tertiary/aromatic N) is 4. The van der Waals surface area contributed by atoms with Gasteiger partial charge in [0.25, 0.3) is 5.91 Å². The molecule has 0 aliphatic carbocycles. The monoisotopic (exact) mass is 501 g/mol. The van der Waals surface area contributed by atoms with E-state index in [0.29, 0.717) is 34.2 Å². The van der Waals surface area contributed by atoms with E-state index in [2.05, 4.69) is 20.5 Å². The van der Waals surface area contributed by atoms with Crippen LogP contribution in [-0.2, 0) is 12.3 Å². The zero-order chi connectivity index (χ0) is 24.0. The van der Waals surface area contributed by atoms with Gasteiger partial charge < -0.3 is 9.73 Å². The second-order valence-corrected chi connectivity index (χ2v) is 8.89. The van der Waals surface area contributed by atoms with E-state index in [0.717, 1.165) is 16.8 Å². The van der Waals surface area contributed by atoms with E-state index in [1.807, 2.05) is 89.5 Å². The molecule has 1 N–H and O–H groups in total. The van der Waals surface area contributed by atoms with Gasteiger partial charge in [-0.1, -0.05) is 84.0 Å². The van der Waals surface area contributed by atoms with Crippen LogP contribution in [0, 0.1) is 0 Å². The summed E-state index contributed by atoms with van der Waals surface area (Å²) in [6, 6.07) is 27.0. The average molecular weight is 502 g/mol. The Morgan fingerprint density at radius 1 is 0.943 bits per heavy atom. The molecule has 0 saturated carbocycles. The molecule has 0 saturated heterocycles. The molecule has 174 valence electrons. The lowest BCUT2D eigenvalue weighted by molar-refractivity contribution is 0.0946. The summed E-state index contributed by atoms with van der Waals surface area (Å²) in [7, 11) is 0. The van der Waals surface area contributed by atoms with Crippen molar-refractivity contribution in [3.8, 4) is 17.1 Å². The van der Waals surface area contributed by atoms with Crippen LogP contribution in [0.5, 0.6) is 0 Å².